The summed E-state index contributed by atoms with van der Waals surface area (Å²) in [5, 5.41) is 26.7. The van der Waals surface area contributed by atoms with Gasteiger partial charge in [0.1, 0.15) is 0 Å². The maximum absolute atomic E-state index is 12.1. The van der Waals surface area contributed by atoms with Crippen molar-refractivity contribution in [1.29, 1.82) is 0 Å². The van der Waals surface area contributed by atoms with Crippen LogP contribution in [0.25, 0.3) is 0 Å². The average Bonchev–Trinajstić information content (AvgIpc) is 2.72. The predicted molar refractivity (Wildman–Crippen MR) is 94.2 cm³/mol. The summed E-state index contributed by atoms with van der Waals surface area (Å²) in [6, 6.07) is 9.72. The zero-order valence-corrected chi connectivity index (χ0v) is 14.8. The number of aliphatic hydroxyl groups excluding tert-OH is 1. The molecule has 10 nitrogen and oxygen atoms in total. The lowest BCUT2D eigenvalue weighted by atomic mass is 10.1. The summed E-state index contributed by atoms with van der Waals surface area (Å²) < 4.78 is 4.99. The molecule has 3 N–H and O–H groups in total. The lowest BCUT2D eigenvalue weighted by molar-refractivity contribution is -0.328. The molecule has 2 rings (SSSR count). The van der Waals surface area contributed by atoms with Crippen LogP contribution in [0.3, 0.4) is 0 Å². The minimum Gasteiger partial charge on any atom is -0.478 e. The molecule has 152 valence electrons. The smallest absolute Gasteiger partial charge is 0.373 e. The van der Waals surface area contributed by atoms with Crippen LogP contribution >= 0.6 is 0 Å². The largest absolute Gasteiger partial charge is 0.478 e. The molecule has 0 heterocycles. The van der Waals surface area contributed by atoms with Gasteiger partial charge in [-0.25, -0.2) is 19.2 Å². The van der Waals surface area contributed by atoms with Crippen LogP contribution in [0.2, 0.25) is 0 Å². The van der Waals surface area contributed by atoms with Crippen molar-refractivity contribution in [2.24, 2.45) is 0 Å². The van der Waals surface area contributed by atoms with Crippen molar-refractivity contribution in [2.75, 3.05) is 6.61 Å². The van der Waals surface area contributed by atoms with E-state index in [1.54, 1.807) is 0 Å². The van der Waals surface area contributed by atoms with Gasteiger partial charge in [0, 0.05) is 13.0 Å². The molecule has 10 heteroatoms. The van der Waals surface area contributed by atoms with Gasteiger partial charge in [0.2, 0.25) is 6.29 Å². The van der Waals surface area contributed by atoms with Crippen LogP contribution in [-0.4, -0.2) is 52.1 Å². The second kappa shape index (κ2) is 9.97. The van der Waals surface area contributed by atoms with Crippen LogP contribution in [0, 0.1) is 0 Å². The monoisotopic (exact) mass is 404 g/mol. The number of carboxylic acid groups (broad SMARTS) is 2. The molecule has 0 spiro atoms. The van der Waals surface area contributed by atoms with Gasteiger partial charge in [0.15, 0.2) is 0 Å². The fourth-order valence-electron chi connectivity index (χ4n) is 2.06. The molecule has 0 saturated heterocycles. The number of hydrogen-bond acceptors (Lipinski definition) is 8. The Morgan fingerprint density at radius 1 is 0.724 bits per heavy atom. The van der Waals surface area contributed by atoms with E-state index in [0.29, 0.717) is 0 Å². The number of hydrogen-bond donors (Lipinski definition) is 3. The molecule has 29 heavy (non-hydrogen) atoms. The third-order valence-corrected chi connectivity index (χ3v) is 3.57. The van der Waals surface area contributed by atoms with Gasteiger partial charge in [-0.1, -0.05) is 0 Å². The van der Waals surface area contributed by atoms with Crippen LogP contribution in [0.4, 0.5) is 0 Å². The highest BCUT2D eigenvalue weighted by Crippen LogP contribution is 2.12. The number of carboxylic acids is 2. The molecule has 2 aromatic rings. The van der Waals surface area contributed by atoms with Gasteiger partial charge in [-0.2, -0.15) is 0 Å². The molecular formula is C19H16O10. The zero-order valence-electron chi connectivity index (χ0n) is 14.8. The molecule has 0 bridgehead atoms. The highest BCUT2D eigenvalue weighted by Gasteiger charge is 2.20. The number of benzene rings is 2. The maximum Gasteiger partial charge on any atom is 0.373 e. The fourth-order valence-corrected chi connectivity index (χ4v) is 2.06. The van der Waals surface area contributed by atoms with E-state index in [0.717, 1.165) is 0 Å². The quantitative estimate of drug-likeness (QED) is 0.243. The van der Waals surface area contributed by atoms with Gasteiger partial charge in [-0.3, -0.25) is 4.89 Å². The first-order chi connectivity index (χ1) is 13.8. The standard InChI is InChI=1S/C19H16O10/c20-10-9-15(27-18(25)13-5-1-11(2-6-13)16(21)22)28-29-19(26)14-7-3-12(4-8-14)17(23)24/h1-8,15,20H,9-10H2,(H,21,22)(H,23,24). The van der Waals surface area contributed by atoms with Crippen LogP contribution in [-0.2, 0) is 14.5 Å². The lowest BCUT2D eigenvalue weighted by Crippen LogP contribution is -2.24. The van der Waals surface area contributed by atoms with Crippen LogP contribution in [0.5, 0.6) is 0 Å². The molecule has 0 aliphatic heterocycles. The van der Waals surface area contributed by atoms with E-state index < -0.39 is 36.8 Å². The second-order valence-electron chi connectivity index (χ2n) is 5.58. The van der Waals surface area contributed by atoms with Crippen LogP contribution in [0.1, 0.15) is 47.9 Å². The molecule has 0 radical (unpaired) electrons. The van der Waals surface area contributed by atoms with Gasteiger partial charge in [0.25, 0.3) is 0 Å². The van der Waals surface area contributed by atoms with E-state index in [2.05, 4.69) is 4.89 Å². The Hall–Kier alpha value is -3.76. The maximum atomic E-state index is 12.1. The second-order valence-corrected chi connectivity index (χ2v) is 5.58. The number of esters is 1. The van der Waals surface area contributed by atoms with Crippen molar-refractivity contribution in [3.63, 3.8) is 0 Å². The van der Waals surface area contributed by atoms with E-state index in [1.807, 2.05) is 0 Å². The van der Waals surface area contributed by atoms with Gasteiger partial charge in [-0.15, -0.1) is 4.89 Å². The number of rotatable bonds is 9. The van der Waals surface area contributed by atoms with E-state index in [-0.39, 0.29) is 28.7 Å². The van der Waals surface area contributed by atoms with Crippen molar-refractivity contribution >= 4 is 23.9 Å². The number of ether oxygens (including phenoxy) is 1. The van der Waals surface area contributed by atoms with E-state index in [4.69, 9.17) is 24.9 Å². The minimum absolute atomic E-state index is 0.00617. The number of carbonyl (C=O) groups is 4. The number of carbonyl (C=O) groups excluding carboxylic acids is 2. The third-order valence-electron chi connectivity index (χ3n) is 3.57. The van der Waals surface area contributed by atoms with Gasteiger partial charge in [0.05, 0.1) is 22.3 Å². The fraction of sp³-hybridized carbons (Fsp3) is 0.158. The van der Waals surface area contributed by atoms with Crippen molar-refractivity contribution < 1.29 is 49.0 Å². The highest BCUT2D eigenvalue weighted by molar-refractivity contribution is 5.93. The van der Waals surface area contributed by atoms with Gasteiger partial charge in [-0.05, 0) is 48.5 Å². The molecule has 0 saturated carbocycles. The summed E-state index contributed by atoms with van der Waals surface area (Å²) in [6.45, 7) is -0.444. The van der Waals surface area contributed by atoms with E-state index in [1.165, 1.54) is 48.5 Å². The zero-order chi connectivity index (χ0) is 21.4. The van der Waals surface area contributed by atoms with Crippen LogP contribution in [0.15, 0.2) is 48.5 Å². The van der Waals surface area contributed by atoms with E-state index >= 15 is 0 Å². The Morgan fingerprint density at radius 2 is 1.14 bits per heavy atom. The molecule has 0 aliphatic rings. The van der Waals surface area contributed by atoms with Crippen molar-refractivity contribution in [2.45, 2.75) is 12.7 Å². The Bertz CT molecular complexity index is 886. The first-order valence-electron chi connectivity index (χ1n) is 8.18. The van der Waals surface area contributed by atoms with E-state index in [9.17, 15) is 19.2 Å². The number of aliphatic hydroxyl groups is 1. The highest BCUT2D eigenvalue weighted by atomic mass is 17.2. The normalized spacial score (nSPS) is 11.3. The summed E-state index contributed by atoms with van der Waals surface area (Å²) in [5.41, 5.74) is -0.0264. The first kappa shape index (κ1) is 21.5. The molecule has 0 fully saturated rings. The van der Waals surface area contributed by atoms with Gasteiger partial charge < -0.3 is 20.1 Å². The number of aromatic carboxylic acids is 2. The molecule has 1 atom stereocenters. The molecule has 0 amide bonds. The Morgan fingerprint density at radius 3 is 1.55 bits per heavy atom. The Labute approximate surface area is 163 Å². The van der Waals surface area contributed by atoms with Crippen LogP contribution < -0.4 is 0 Å². The molecule has 0 aromatic heterocycles. The van der Waals surface area contributed by atoms with Crippen molar-refractivity contribution in [3.8, 4) is 0 Å². The van der Waals surface area contributed by atoms with Crippen molar-refractivity contribution in [3.05, 3.63) is 70.8 Å². The van der Waals surface area contributed by atoms with Crippen molar-refractivity contribution in [1.82, 2.24) is 0 Å². The average molecular weight is 404 g/mol. The SMILES string of the molecule is O=C(O)c1ccc(C(=O)OOC(CCO)OC(=O)c2ccc(C(=O)O)cc2)cc1. The molecular weight excluding hydrogens is 388 g/mol. The molecule has 1 unspecified atom stereocenters. The minimum atomic E-state index is -1.42. The third kappa shape index (κ3) is 6.13. The summed E-state index contributed by atoms with van der Waals surface area (Å²) in [7, 11) is 0. The summed E-state index contributed by atoms with van der Waals surface area (Å²) in [6.07, 6.45) is -1.63. The Balaban J connectivity index is 1.96. The first-order valence-corrected chi connectivity index (χ1v) is 8.18. The summed E-state index contributed by atoms with van der Waals surface area (Å²) >= 11 is 0. The van der Waals surface area contributed by atoms with Gasteiger partial charge >= 0.3 is 23.9 Å². The molecule has 0 aliphatic carbocycles. The molecule has 2 aromatic carbocycles. The topological polar surface area (TPSA) is 157 Å². The predicted octanol–water partition coefficient (Wildman–Crippen LogP) is 1.74. The lowest BCUT2D eigenvalue weighted by Gasteiger charge is -2.16. The summed E-state index contributed by atoms with van der Waals surface area (Å²) in [5.74, 6) is -4.17. The Kier molecular flexibility index (Phi) is 7.40. The summed E-state index contributed by atoms with van der Waals surface area (Å²) in [4.78, 5) is 55.0.